The van der Waals surface area contributed by atoms with Crippen LogP contribution in [-0.4, -0.2) is 51.8 Å². The minimum atomic E-state index is -4.04. The Kier molecular flexibility index (Phi) is 4.18. The molecule has 10 heteroatoms. The van der Waals surface area contributed by atoms with Crippen molar-refractivity contribution in [2.24, 2.45) is 4.99 Å². The van der Waals surface area contributed by atoms with Gasteiger partial charge in [0.1, 0.15) is 17.3 Å². The first-order chi connectivity index (χ1) is 11.3. The van der Waals surface area contributed by atoms with Gasteiger partial charge in [0.2, 0.25) is 9.84 Å². The number of aryl methyl sites for hydroxylation is 1. The van der Waals surface area contributed by atoms with Gasteiger partial charge in [0.05, 0.1) is 17.6 Å². The molecule has 0 radical (unpaired) electrons. The molecule has 8 nitrogen and oxygen atoms in total. The first-order valence-corrected chi connectivity index (χ1v) is 10.2. The molecule has 3 rings (SSSR count). The van der Waals surface area contributed by atoms with E-state index in [4.69, 9.17) is 4.74 Å². The molecule has 24 heavy (non-hydrogen) atoms. The summed E-state index contributed by atoms with van der Waals surface area (Å²) in [6, 6.07) is 6.12. The zero-order chi connectivity index (χ0) is 17.4. The number of aromatic nitrogens is 2. The standard InChI is InChI=1S/C14H15N3O5S2/c1-10-2-4-11(5-3-10)24(20,21)14-12(8-16-17-14)23(18,19)9-13-15-6-7-22-13/h2-5,8H,6-7,9H2,1H3,(H,16,17). The molecule has 0 spiro atoms. The number of hydrogen-bond donors (Lipinski definition) is 1. The average molecular weight is 369 g/mol. The van der Waals surface area contributed by atoms with Gasteiger partial charge in [-0.2, -0.15) is 5.10 Å². The molecule has 0 unspecified atom stereocenters. The molecule has 0 fully saturated rings. The number of benzene rings is 1. The van der Waals surface area contributed by atoms with Crippen LogP contribution in [0.1, 0.15) is 5.56 Å². The van der Waals surface area contributed by atoms with E-state index in [0.29, 0.717) is 13.2 Å². The second kappa shape index (κ2) is 6.02. The SMILES string of the molecule is Cc1ccc(S(=O)(=O)c2[nH]ncc2S(=O)(=O)CC2=NCCO2)cc1. The Labute approximate surface area is 139 Å². The van der Waals surface area contributed by atoms with Gasteiger partial charge >= 0.3 is 0 Å². The van der Waals surface area contributed by atoms with Gasteiger partial charge < -0.3 is 4.74 Å². The Bertz CT molecular complexity index is 989. The third-order valence-corrected chi connectivity index (χ3v) is 6.95. The van der Waals surface area contributed by atoms with Crippen LogP contribution in [0.2, 0.25) is 0 Å². The van der Waals surface area contributed by atoms with E-state index in [1.54, 1.807) is 12.1 Å². The highest BCUT2D eigenvalue weighted by atomic mass is 32.2. The molecule has 1 aliphatic heterocycles. The molecule has 2 aromatic rings. The van der Waals surface area contributed by atoms with Gasteiger partial charge in [0, 0.05) is 0 Å². The molecule has 1 aromatic carbocycles. The van der Waals surface area contributed by atoms with Gasteiger partial charge in [0.15, 0.2) is 20.8 Å². The van der Waals surface area contributed by atoms with Gasteiger partial charge in [-0.25, -0.2) is 16.8 Å². The smallest absolute Gasteiger partial charge is 0.224 e. The van der Waals surface area contributed by atoms with E-state index in [1.165, 1.54) is 12.1 Å². The van der Waals surface area contributed by atoms with Gasteiger partial charge in [-0.15, -0.1) is 0 Å². The van der Waals surface area contributed by atoms with Crippen LogP contribution in [0, 0.1) is 6.92 Å². The largest absolute Gasteiger partial charge is 0.478 e. The van der Waals surface area contributed by atoms with E-state index in [2.05, 4.69) is 15.2 Å². The summed E-state index contributed by atoms with van der Waals surface area (Å²) >= 11 is 0. The Hall–Kier alpha value is -2.20. The third kappa shape index (κ3) is 3.06. The predicted molar refractivity (Wildman–Crippen MR) is 85.5 cm³/mol. The minimum Gasteiger partial charge on any atom is -0.478 e. The lowest BCUT2D eigenvalue weighted by atomic mass is 10.2. The van der Waals surface area contributed by atoms with E-state index in [9.17, 15) is 16.8 Å². The lowest BCUT2D eigenvalue weighted by molar-refractivity contribution is 0.345. The van der Waals surface area contributed by atoms with Crippen LogP contribution in [0.4, 0.5) is 0 Å². The summed E-state index contributed by atoms with van der Waals surface area (Å²) in [6.45, 7) is 2.54. The van der Waals surface area contributed by atoms with Crippen LogP contribution in [0.3, 0.4) is 0 Å². The maximum absolute atomic E-state index is 12.7. The number of sulfone groups is 2. The number of aliphatic imine (C=N–C) groups is 1. The number of aromatic amines is 1. The fraction of sp³-hybridized carbons (Fsp3) is 0.286. The van der Waals surface area contributed by atoms with E-state index >= 15 is 0 Å². The van der Waals surface area contributed by atoms with Crippen LogP contribution >= 0.6 is 0 Å². The lowest BCUT2D eigenvalue weighted by Gasteiger charge is -2.07. The number of H-pyrrole nitrogens is 1. The maximum atomic E-state index is 12.7. The van der Waals surface area contributed by atoms with E-state index in [1.807, 2.05) is 6.92 Å². The molecule has 0 saturated carbocycles. The lowest BCUT2D eigenvalue weighted by Crippen LogP contribution is -2.18. The summed E-state index contributed by atoms with van der Waals surface area (Å²) in [4.78, 5) is 3.53. The van der Waals surface area contributed by atoms with Crippen LogP contribution in [0.5, 0.6) is 0 Å². The predicted octanol–water partition coefficient (Wildman–Crippen LogP) is 0.753. The highest BCUT2D eigenvalue weighted by Crippen LogP contribution is 2.26. The second-order valence-electron chi connectivity index (χ2n) is 5.26. The zero-order valence-corrected chi connectivity index (χ0v) is 14.4. The third-order valence-electron chi connectivity index (χ3n) is 3.47. The molecule has 1 aliphatic rings. The minimum absolute atomic E-state index is 0.0109. The highest BCUT2D eigenvalue weighted by Gasteiger charge is 2.32. The van der Waals surface area contributed by atoms with Crippen molar-refractivity contribution >= 4 is 25.6 Å². The molecular weight excluding hydrogens is 354 g/mol. The van der Waals surface area contributed by atoms with Crippen molar-refractivity contribution in [2.75, 3.05) is 18.9 Å². The molecule has 0 saturated heterocycles. The Morgan fingerprint density at radius 1 is 1.17 bits per heavy atom. The van der Waals surface area contributed by atoms with Crippen LogP contribution < -0.4 is 0 Å². The average Bonchev–Trinajstić information content (AvgIpc) is 3.18. The molecule has 0 amide bonds. The number of rotatable bonds is 5. The Morgan fingerprint density at radius 3 is 2.50 bits per heavy atom. The fourth-order valence-electron chi connectivity index (χ4n) is 2.22. The van der Waals surface area contributed by atoms with E-state index < -0.39 is 30.5 Å². The quantitative estimate of drug-likeness (QED) is 0.831. The normalized spacial score (nSPS) is 15.1. The number of nitrogens with one attached hydrogen (secondary N) is 1. The number of hydrogen-bond acceptors (Lipinski definition) is 7. The first kappa shape index (κ1) is 16.7. The van der Waals surface area contributed by atoms with Crippen molar-refractivity contribution < 1.29 is 21.6 Å². The molecule has 1 N–H and O–H groups in total. The molecule has 0 atom stereocenters. The molecular formula is C14H15N3O5S2. The summed E-state index contributed by atoms with van der Waals surface area (Å²) in [7, 11) is -8.00. The molecule has 128 valence electrons. The summed E-state index contributed by atoms with van der Waals surface area (Å²) in [6.07, 6.45) is 0.992. The summed E-state index contributed by atoms with van der Waals surface area (Å²) in [5.74, 6) is -0.418. The van der Waals surface area contributed by atoms with Crippen molar-refractivity contribution in [1.82, 2.24) is 10.2 Å². The number of nitrogens with zero attached hydrogens (tertiary/aromatic N) is 2. The van der Waals surface area contributed by atoms with Gasteiger partial charge in [-0.05, 0) is 19.1 Å². The first-order valence-electron chi connectivity index (χ1n) is 7.05. The van der Waals surface area contributed by atoms with E-state index in [-0.39, 0.29) is 15.7 Å². The van der Waals surface area contributed by atoms with Crippen molar-refractivity contribution in [3.05, 3.63) is 36.0 Å². The Morgan fingerprint density at radius 2 is 1.88 bits per heavy atom. The summed E-state index contributed by atoms with van der Waals surface area (Å²) in [5, 5.41) is 5.45. The molecule has 1 aromatic heterocycles. The van der Waals surface area contributed by atoms with Crippen molar-refractivity contribution in [3.8, 4) is 0 Å². The fourth-order valence-corrected chi connectivity index (χ4v) is 5.35. The van der Waals surface area contributed by atoms with E-state index in [0.717, 1.165) is 11.8 Å². The maximum Gasteiger partial charge on any atom is 0.224 e. The topological polar surface area (TPSA) is 119 Å². The van der Waals surface area contributed by atoms with Gasteiger partial charge in [-0.1, -0.05) is 17.7 Å². The molecule has 0 bridgehead atoms. The molecule has 0 aliphatic carbocycles. The Balaban J connectivity index is 2.02. The molecule has 2 heterocycles. The number of ether oxygens (including phenoxy) is 1. The van der Waals surface area contributed by atoms with Crippen LogP contribution in [0.15, 0.2) is 50.3 Å². The monoisotopic (exact) mass is 369 g/mol. The van der Waals surface area contributed by atoms with Crippen LogP contribution in [0.25, 0.3) is 0 Å². The highest BCUT2D eigenvalue weighted by molar-refractivity contribution is 7.94. The van der Waals surface area contributed by atoms with Crippen molar-refractivity contribution in [2.45, 2.75) is 21.7 Å². The summed E-state index contributed by atoms with van der Waals surface area (Å²) < 4.78 is 55.6. The van der Waals surface area contributed by atoms with Gasteiger partial charge in [0.25, 0.3) is 0 Å². The van der Waals surface area contributed by atoms with Crippen molar-refractivity contribution in [3.63, 3.8) is 0 Å². The zero-order valence-electron chi connectivity index (χ0n) is 12.8. The van der Waals surface area contributed by atoms with Crippen LogP contribution in [-0.2, 0) is 24.4 Å². The van der Waals surface area contributed by atoms with Crippen molar-refractivity contribution in [1.29, 1.82) is 0 Å². The second-order valence-corrected chi connectivity index (χ2v) is 9.11. The van der Waals surface area contributed by atoms with Gasteiger partial charge in [-0.3, -0.25) is 10.1 Å². The summed E-state index contributed by atoms with van der Waals surface area (Å²) in [5.41, 5.74) is 0.891.